The third kappa shape index (κ3) is 6.11. The van der Waals surface area contributed by atoms with Crippen LogP contribution in [0.2, 0.25) is 0 Å². The molecular formula is C17H28Cl2N4O. The van der Waals surface area contributed by atoms with Gasteiger partial charge in [0.2, 0.25) is 5.91 Å². The van der Waals surface area contributed by atoms with Crippen LogP contribution in [0.3, 0.4) is 0 Å². The van der Waals surface area contributed by atoms with E-state index in [4.69, 9.17) is 0 Å². The molecule has 1 atom stereocenters. The Morgan fingerprint density at radius 1 is 1.25 bits per heavy atom. The van der Waals surface area contributed by atoms with Crippen molar-refractivity contribution < 1.29 is 4.79 Å². The molecule has 0 aromatic carbocycles. The van der Waals surface area contributed by atoms with E-state index in [1.165, 1.54) is 12.8 Å². The molecule has 2 aliphatic rings. The van der Waals surface area contributed by atoms with Crippen LogP contribution in [-0.4, -0.2) is 42.6 Å². The molecule has 24 heavy (non-hydrogen) atoms. The van der Waals surface area contributed by atoms with Crippen LogP contribution >= 0.6 is 24.8 Å². The van der Waals surface area contributed by atoms with E-state index in [0.717, 1.165) is 44.7 Å². The van der Waals surface area contributed by atoms with Gasteiger partial charge in [-0.25, -0.2) is 4.98 Å². The highest BCUT2D eigenvalue weighted by Gasteiger charge is 2.22. The lowest BCUT2D eigenvalue weighted by Crippen LogP contribution is -2.45. The van der Waals surface area contributed by atoms with Crippen LogP contribution in [0.5, 0.6) is 0 Å². The minimum absolute atomic E-state index is 0. The summed E-state index contributed by atoms with van der Waals surface area (Å²) in [6.45, 7) is 3.04. The van der Waals surface area contributed by atoms with E-state index in [1.807, 2.05) is 24.4 Å². The lowest BCUT2D eigenvalue weighted by molar-refractivity contribution is -0.122. The summed E-state index contributed by atoms with van der Waals surface area (Å²) in [5, 5.41) is 6.65. The number of carbonyl (C=O) groups is 1. The van der Waals surface area contributed by atoms with Crippen LogP contribution in [0.1, 0.15) is 38.5 Å². The zero-order valence-electron chi connectivity index (χ0n) is 13.9. The Morgan fingerprint density at radius 3 is 2.67 bits per heavy atom. The Labute approximate surface area is 156 Å². The van der Waals surface area contributed by atoms with Crippen molar-refractivity contribution in [2.24, 2.45) is 0 Å². The molecule has 3 rings (SSSR count). The second-order valence-corrected chi connectivity index (χ2v) is 6.35. The van der Waals surface area contributed by atoms with Crippen LogP contribution < -0.4 is 15.5 Å². The third-order valence-corrected chi connectivity index (χ3v) is 4.72. The molecule has 3 heterocycles. The predicted molar refractivity (Wildman–Crippen MR) is 102 cm³/mol. The van der Waals surface area contributed by atoms with Crippen LogP contribution in [0.4, 0.5) is 5.82 Å². The van der Waals surface area contributed by atoms with Gasteiger partial charge in [0.05, 0.1) is 0 Å². The van der Waals surface area contributed by atoms with E-state index >= 15 is 0 Å². The summed E-state index contributed by atoms with van der Waals surface area (Å²) in [6.07, 6.45) is 7.93. The number of aromatic nitrogens is 1. The molecule has 136 valence electrons. The Bertz CT molecular complexity index is 475. The van der Waals surface area contributed by atoms with Crippen molar-refractivity contribution >= 4 is 36.5 Å². The first-order valence-electron chi connectivity index (χ1n) is 8.50. The van der Waals surface area contributed by atoms with E-state index < -0.39 is 0 Å². The van der Waals surface area contributed by atoms with E-state index in [-0.39, 0.29) is 30.7 Å². The monoisotopic (exact) mass is 374 g/mol. The zero-order valence-corrected chi connectivity index (χ0v) is 15.6. The Morgan fingerprint density at radius 2 is 2.04 bits per heavy atom. The van der Waals surface area contributed by atoms with Crippen molar-refractivity contribution in [3.63, 3.8) is 0 Å². The Balaban J connectivity index is 0.00000144. The Hall–Kier alpha value is -1.04. The first-order valence-corrected chi connectivity index (χ1v) is 8.50. The topological polar surface area (TPSA) is 57.3 Å². The maximum Gasteiger partial charge on any atom is 0.220 e. The summed E-state index contributed by atoms with van der Waals surface area (Å²) in [7, 11) is 0. The lowest BCUT2D eigenvalue weighted by atomic mass is 10.0. The average molecular weight is 375 g/mol. The number of piperidine rings is 1. The predicted octanol–water partition coefficient (Wildman–Crippen LogP) is 2.54. The molecule has 1 aromatic rings. The van der Waals surface area contributed by atoms with Crippen molar-refractivity contribution in [2.75, 3.05) is 24.5 Å². The van der Waals surface area contributed by atoms with Gasteiger partial charge in [-0.1, -0.05) is 6.07 Å². The molecule has 0 radical (unpaired) electrons. The summed E-state index contributed by atoms with van der Waals surface area (Å²) in [5.74, 6) is 1.25. The SMILES string of the molecule is Cl.Cl.O=C(CCC1CCCN1)NC1CCN(c2ccccn2)CC1. The third-order valence-electron chi connectivity index (χ3n) is 4.72. The maximum absolute atomic E-state index is 12.1. The van der Waals surface area contributed by atoms with Crippen molar-refractivity contribution in [1.82, 2.24) is 15.6 Å². The molecule has 1 aromatic heterocycles. The van der Waals surface area contributed by atoms with E-state index in [9.17, 15) is 4.79 Å². The quantitative estimate of drug-likeness (QED) is 0.831. The zero-order chi connectivity index (χ0) is 15.2. The number of nitrogens with one attached hydrogen (secondary N) is 2. The highest BCUT2D eigenvalue weighted by Crippen LogP contribution is 2.17. The smallest absolute Gasteiger partial charge is 0.220 e. The number of hydrogen-bond acceptors (Lipinski definition) is 4. The van der Waals surface area contributed by atoms with Crippen molar-refractivity contribution in [3.05, 3.63) is 24.4 Å². The van der Waals surface area contributed by atoms with E-state index in [0.29, 0.717) is 18.5 Å². The molecule has 0 spiro atoms. The number of rotatable bonds is 5. The summed E-state index contributed by atoms with van der Waals surface area (Å²) < 4.78 is 0. The molecule has 2 aliphatic heterocycles. The largest absolute Gasteiger partial charge is 0.356 e. The number of amides is 1. The molecule has 0 saturated carbocycles. The molecule has 0 aliphatic carbocycles. The standard InChI is InChI=1S/C17H26N4O.2ClH/c22-17(7-6-14-4-3-11-18-14)20-15-8-12-21(13-9-15)16-5-1-2-10-19-16;;/h1-2,5,10,14-15,18H,3-4,6-9,11-13H2,(H,20,22);2*1H. The lowest BCUT2D eigenvalue weighted by Gasteiger charge is -2.33. The average Bonchev–Trinajstić information content (AvgIpc) is 3.08. The number of pyridine rings is 1. The fourth-order valence-electron chi connectivity index (χ4n) is 3.40. The number of hydrogen-bond donors (Lipinski definition) is 2. The number of anilines is 1. The molecule has 5 nitrogen and oxygen atoms in total. The highest BCUT2D eigenvalue weighted by molar-refractivity contribution is 5.85. The van der Waals surface area contributed by atoms with Gasteiger partial charge in [0, 0.05) is 37.8 Å². The fraction of sp³-hybridized carbons (Fsp3) is 0.647. The molecule has 2 N–H and O–H groups in total. The van der Waals surface area contributed by atoms with Gasteiger partial charge in [0.25, 0.3) is 0 Å². The molecule has 7 heteroatoms. The molecular weight excluding hydrogens is 347 g/mol. The number of carbonyl (C=O) groups excluding carboxylic acids is 1. The normalized spacial score (nSPS) is 20.8. The van der Waals surface area contributed by atoms with Gasteiger partial charge in [-0.05, 0) is 50.8 Å². The molecule has 1 amide bonds. The van der Waals surface area contributed by atoms with Crippen LogP contribution in [0.25, 0.3) is 0 Å². The number of halogens is 2. The molecule has 2 saturated heterocycles. The summed E-state index contributed by atoms with van der Waals surface area (Å²) in [4.78, 5) is 18.7. The molecule has 1 unspecified atom stereocenters. The minimum atomic E-state index is 0. The highest BCUT2D eigenvalue weighted by atomic mass is 35.5. The summed E-state index contributed by atoms with van der Waals surface area (Å²) in [5.41, 5.74) is 0. The van der Waals surface area contributed by atoms with Crippen molar-refractivity contribution in [1.29, 1.82) is 0 Å². The summed E-state index contributed by atoms with van der Waals surface area (Å²) >= 11 is 0. The first-order chi connectivity index (χ1) is 10.8. The first kappa shape index (κ1) is 21.0. The number of nitrogens with zero attached hydrogens (tertiary/aromatic N) is 2. The Kier molecular flexibility index (Phi) is 9.41. The summed E-state index contributed by atoms with van der Waals surface area (Å²) in [6, 6.07) is 6.89. The van der Waals surface area contributed by atoms with Gasteiger partial charge >= 0.3 is 0 Å². The van der Waals surface area contributed by atoms with Crippen molar-refractivity contribution in [3.8, 4) is 0 Å². The van der Waals surface area contributed by atoms with Crippen LogP contribution in [0, 0.1) is 0 Å². The van der Waals surface area contributed by atoms with Crippen molar-refractivity contribution in [2.45, 2.75) is 50.6 Å². The van der Waals surface area contributed by atoms with Crippen LogP contribution in [0.15, 0.2) is 24.4 Å². The van der Waals surface area contributed by atoms with Gasteiger partial charge in [-0.3, -0.25) is 4.79 Å². The van der Waals surface area contributed by atoms with Gasteiger partial charge in [-0.15, -0.1) is 24.8 Å². The minimum Gasteiger partial charge on any atom is -0.356 e. The molecule has 2 fully saturated rings. The van der Waals surface area contributed by atoms with Gasteiger partial charge in [-0.2, -0.15) is 0 Å². The second-order valence-electron chi connectivity index (χ2n) is 6.35. The van der Waals surface area contributed by atoms with Crippen LogP contribution in [-0.2, 0) is 4.79 Å². The molecule has 0 bridgehead atoms. The van der Waals surface area contributed by atoms with E-state index in [2.05, 4.69) is 20.5 Å². The van der Waals surface area contributed by atoms with Gasteiger partial charge in [0.1, 0.15) is 5.82 Å². The second kappa shape index (κ2) is 10.7. The fourth-order valence-corrected chi connectivity index (χ4v) is 3.40. The van der Waals surface area contributed by atoms with Gasteiger partial charge in [0.15, 0.2) is 0 Å². The maximum atomic E-state index is 12.1. The van der Waals surface area contributed by atoms with E-state index in [1.54, 1.807) is 0 Å². The van der Waals surface area contributed by atoms with Gasteiger partial charge < -0.3 is 15.5 Å².